The first-order valence-corrected chi connectivity index (χ1v) is 7.57. The van der Waals surface area contributed by atoms with Crippen LogP contribution >= 0.6 is 0 Å². The molecule has 134 valence electrons. The zero-order valence-electron chi connectivity index (χ0n) is 13.7. The number of carbonyl (C=O) groups excluding carboxylic acids is 2. The van der Waals surface area contributed by atoms with Crippen LogP contribution in [0.4, 0.5) is 4.79 Å². The first-order chi connectivity index (χ1) is 11.8. The molecule has 2 rings (SSSR count). The number of benzene rings is 1. The minimum Gasteiger partial charge on any atom is -0.480 e. The number of aliphatic carboxylic acids is 2. The van der Waals surface area contributed by atoms with Crippen molar-refractivity contribution in [2.75, 3.05) is 26.8 Å². The summed E-state index contributed by atoms with van der Waals surface area (Å²) in [7, 11) is 1.45. The van der Waals surface area contributed by atoms with Gasteiger partial charge in [0.25, 0.3) is 0 Å². The van der Waals surface area contributed by atoms with Crippen LogP contribution in [-0.2, 0) is 20.8 Å². The Balaban J connectivity index is 2.37. The first-order valence-electron chi connectivity index (χ1n) is 7.57. The van der Waals surface area contributed by atoms with E-state index in [1.165, 1.54) is 11.9 Å². The van der Waals surface area contributed by atoms with Crippen molar-refractivity contribution in [2.24, 2.45) is 0 Å². The molecule has 25 heavy (non-hydrogen) atoms. The van der Waals surface area contributed by atoms with E-state index < -0.39 is 43.0 Å². The van der Waals surface area contributed by atoms with Gasteiger partial charge < -0.3 is 20.0 Å². The number of hydrogen-bond donors (Lipinski definition) is 2. The highest BCUT2D eigenvalue weighted by atomic mass is 16.4. The fourth-order valence-electron chi connectivity index (χ4n) is 2.73. The minimum absolute atomic E-state index is 0.143. The summed E-state index contributed by atoms with van der Waals surface area (Å²) in [6, 6.07) is 7.10. The molecule has 2 N–H and O–H groups in total. The van der Waals surface area contributed by atoms with E-state index in [1.807, 2.05) is 0 Å². The van der Waals surface area contributed by atoms with Crippen LogP contribution in [0.3, 0.4) is 0 Å². The zero-order valence-corrected chi connectivity index (χ0v) is 13.7. The van der Waals surface area contributed by atoms with E-state index in [2.05, 4.69) is 0 Å². The fourth-order valence-corrected chi connectivity index (χ4v) is 2.73. The minimum atomic E-state index is -1.28. The lowest BCUT2D eigenvalue weighted by molar-refractivity contribution is -0.140. The van der Waals surface area contributed by atoms with Crippen molar-refractivity contribution in [1.29, 1.82) is 0 Å². The molecule has 0 aliphatic carbocycles. The predicted molar refractivity (Wildman–Crippen MR) is 85.7 cm³/mol. The number of carboxylic acids is 2. The summed E-state index contributed by atoms with van der Waals surface area (Å²) in [5, 5.41) is 18.1. The summed E-state index contributed by atoms with van der Waals surface area (Å²) < 4.78 is 0. The maximum atomic E-state index is 12.7. The van der Waals surface area contributed by atoms with Gasteiger partial charge in [-0.1, -0.05) is 30.3 Å². The average molecular weight is 349 g/mol. The monoisotopic (exact) mass is 349 g/mol. The van der Waals surface area contributed by atoms with Crippen molar-refractivity contribution < 1.29 is 29.4 Å². The molecule has 1 aliphatic rings. The van der Waals surface area contributed by atoms with E-state index >= 15 is 0 Å². The third-order valence-corrected chi connectivity index (χ3v) is 3.84. The van der Waals surface area contributed by atoms with Gasteiger partial charge in [-0.25, -0.2) is 4.79 Å². The normalized spacial score (nSPS) is 18.3. The van der Waals surface area contributed by atoms with E-state index in [0.29, 0.717) is 0 Å². The summed E-state index contributed by atoms with van der Waals surface area (Å²) >= 11 is 0. The maximum Gasteiger partial charge on any atom is 0.323 e. The SMILES string of the molecule is CN1CN(CC(=O)O)C(=O)N(CC(=O)O)[C@@H](Cc2ccccc2)C1=O. The molecule has 1 aliphatic heterocycles. The third-order valence-electron chi connectivity index (χ3n) is 3.84. The molecule has 1 aromatic rings. The average Bonchev–Trinajstić information content (AvgIpc) is 2.62. The lowest BCUT2D eigenvalue weighted by Gasteiger charge is -2.29. The van der Waals surface area contributed by atoms with Gasteiger partial charge >= 0.3 is 18.0 Å². The van der Waals surface area contributed by atoms with Crippen molar-refractivity contribution >= 4 is 23.9 Å². The highest BCUT2D eigenvalue weighted by Gasteiger charge is 2.40. The van der Waals surface area contributed by atoms with E-state index in [1.54, 1.807) is 30.3 Å². The third kappa shape index (κ3) is 4.46. The molecule has 0 bridgehead atoms. The second-order valence-corrected chi connectivity index (χ2v) is 5.78. The standard InChI is InChI=1S/C16H19N3O6/c1-17-10-18(8-13(20)21)16(25)19(9-14(22)23)12(15(17)24)7-11-5-3-2-4-6-11/h2-6,12H,7-10H2,1H3,(H,20,21)(H,22,23)/t12-/m0/s1. The van der Waals surface area contributed by atoms with Gasteiger partial charge in [0.15, 0.2) is 0 Å². The van der Waals surface area contributed by atoms with E-state index in [-0.39, 0.29) is 13.1 Å². The second kappa shape index (κ2) is 7.65. The number of amides is 3. The number of urea groups is 1. The molecule has 0 spiro atoms. The molecule has 1 atom stereocenters. The van der Waals surface area contributed by atoms with Crippen LogP contribution in [0.15, 0.2) is 30.3 Å². The van der Waals surface area contributed by atoms with Gasteiger partial charge in [-0.05, 0) is 5.56 Å². The van der Waals surface area contributed by atoms with E-state index in [4.69, 9.17) is 10.2 Å². The van der Waals surface area contributed by atoms with Gasteiger partial charge in [0.1, 0.15) is 19.1 Å². The summed E-state index contributed by atoms with van der Waals surface area (Å²) in [5.41, 5.74) is 0.768. The van der Waals surface area contributed by atoms with Crippen molar-refractivity contribution in [3.63, 3.8) is 0 Å². The maximum absolute atomic E-state index is 12.7. The molecular weight excluding hydrogens is 330 g/mol. The van der Waals surface area contributed by atoms with Crippen molar-refractivity contribution in [1.82, 2.24) is 14.7 Å². The summed E-state index contributed by atoms with van der Waals surface area (Å²) in [5.74, 6) is -2.96. The van der Waals surface area contributed by atoms with Crippen LogP contribution in [-0.4, -0.2) is 81.6 Å². The molecule has 1 heterocycles. The van der Waals surface area contributed by atoms with Crippen LogP contribution in [0.25, 0.3) is 0 Å². The number of likely N-dealkylation sites (N-methyl/N-ethyl adjacent to an activating group) is 1. The van der Waals surface area contributed by atoms with Crippen LogP contribution in [0.5, 0.6) is 0 Å². The Morgan fingerprint density at radius 3 is 2.24 bits per heavy atom. The number of nitrogens with zero attached hydrogens (tertiary/aromatic N) is 3. The highest BCUT2D eigenvalue weighted by molar-refractivity contribution is 5.92. The van der Waals surface area contributed by atoms with Gasteiger partial charge in [-0.15, -0.1) is 0 Å². The Morgan fingerprint density at radius 1 is 1.08 bits per heavy atom. The molecule has 3 amide bonds. The number of hydrogen-bond acceptors (Lipinski definition) is 4. The molecule has 9 heteroatoms. The summed E-state index contributed by atoms with van der Waals surface area (Å²) in [4.78, 5) is 50.6. The van der Waals surface area contributed by atoms with E-state index in [0.717, 1.165) is 15.4 Å². The Morgan fingerprint density at radius 2 is 1.68 bits per heavy atom. The molecule has 0 unspecified atom stereocenters. The lowest BCUT2D eigenvalue weighted by atomic mass is 10.0. The molecule has 9 nitrogen and oxygen atoms in total. The quantitative estimate of drug-likeness (QED) is 0.742. The molecule has 0 aromatic heterocycles. The summed E-state index contributed by atoms with van der Waals surface area (Å²) in [6.07, 6.45) is 0.143. The molecule has 1 fully saturated rings. The Bertz CT molecular complexity index is 678. The number of carbonyl (C=O) groups is 4. The predicted octanol–water partition coefficient (Wildman–Crippen LogP) is -0.0796. The van der Waals surface area contributed by atoms with Crippen molar-refractivity contribution in [2.45, 2.75) is 12.5 Å². The largest absolute Gasteiger partial charge is 0.480 e. The summed E-state index contributed by atoms with van der Waals surface area (Å²) in [6.45, 7) is -1.53. The molecule has 0 saturated carbocycles. The van der Waals surface area contributed by atoms with Gasteiger partial charge in [0.05, 0.1) is 6.67 Å². The van der Waals surface area contributed by atoms with Gasteiger partial charge in [0, 0.05) is 13.5 Å². The topological polar surface area (TPSA) is 118 Å². The van der Waals surface area contributed by atoms with Crippen LogP contribution < -0.4 is 0 Å². The van der Waals surface area contributed by atoms with Crippen LogP contribution in [0.2, 0.25) is 0 Å². The molecule has 0 radical (unpaired) electrons. The molecule has 1 aromatic carbocycles. The molecular formula is C16H19N3O6. The van der Waals surface area contributed by atoms with Crippen molar-refractivity contribution in [3.05, 3.63) is 35.9 Å². The lowest BCUT2D eigenvalue weighted by Crippen LogP contribution is -2.51. The number of rotatable bonds is 6. The van der Waals surface area contributed by atoms with Gasteiger partial charge in [0.2, 0.25) is 5.91 Å². The number of carboxylic acid groups (broad SMARTS) is 2. The second-order valence-electron chi connectivity index (χ2n) is 5.78. The first kappa shape index (κ1) is 18.2. The molecule has 1 saturated heterocycles. The Labute approximate surface area is 144 Å². The zero-order chi connectivity index (χ0) is 18.6. The Hall–Kier alpha value is -3.10. The van der Waals surface area contributed by atoms with Crippen LogP contribution in [0.1, 0.15) is 5.56 Å². The van der Waals surface area contributed by atoms with Crippen molar-refractivity contribution in [3.8, 4) is 0 Å². The van der Waals surface area contributed by atoms with Crippen LogP contribution in [0, 0.1) is 0 Å². The van der Waals surface area contributed by atoms with Gasteiger partial charge in [-0.3, -0.25) is 19.3 Å². The smallest absolute Gasteiger partial charge is 0.323 e. The van der Waals surface area contributed by atoms with Gasteiger partial charge in [-0.2, -0.15) is 0 Å². The Kier molecular flexibility index (Phi) is 5.58. The fraction of sp³-hybridized carbons (Fsp3) is 0.375. The van der Waals surface area contributed by atoms with E-state index in [9.17, 15) is 19.2 Å². The highest BCUT2D eigenvalue weighted by Crippen LogP contribution is 2.18.